The van der Waals surface area contributed by atoms with Crippen molar-refractivity contribution in [1.29, 1.82) is 0 Å². The molecule has 112 valence electrons. The fraction of sp³-hybridized carbons (Fsp3) is 0.933. The molecule has 0 aliphatic carbocycles. The molecular weight excluding hydrogens is 240 g/mol. The minimum atomic E-state index is -0.422. The molecule has 1 aliphatic heterocycles. The summed E-state index contributed by atoms with van der Waals surface area (Å²) in [6.45, 7) is 13.5. The van der Waals surface area contributed by atoms with Crippen LogP contribution in [0.15, 0.2) is 0 Å². The predicted octanol–water partition coefficient (Wildman–Crippen LogP) is 2.97. The van der Waals surface area contributed by atoms with Crippen molar-refractivity contribution < 1.29 is 9.53 Å². The van der Waals surface area contributed by atoms with Gasteiger partial charge in [0.25, 0.3) is 0 Å². The number of nitrogens with zero attached hydrogens (tertiary/aromatic N) is 2. The van der Waals surface area contributed by atoms with Crippen LogP contribution in [0.2, 0.25) is 0 Å². The number of amides is 1. The maximum Gasteiger partial charge on any atom is 0.410 e. The molecule has 0 aromatic carbocycles. The van der Waals surface area contributed by atoms with Gasteiger partial charge in [0.15, 0.2) is 0 Å². The van der Waals surface area contributed by atoms with Crippen molar-refractivity contribution in [1.82, 2.24) is 9.80 Å². The minimum Gasteiger partial charge on any atom is -0.444 e. The summed E-state index contributed by atoms with van der Waals surface area (Å²) in [6, 6.07) is 0.284. The van der Waals surface area contributed by atoms with Crippen molar-refractivity contribution in [3.05, 3.63) is 0 Å². The maximum atomic E-state index is 12.2. The van der Waals surface area contributed by atoms with E-state index in [0.717, 1.165) is 32.5 Å². The Morgan fingerprint density at radius 1 is 1.32 bits per heavy atom. The van der Waals surface area contributed by atoms with Gasteiger partial charge >= 0.3 is 6.09 Å². The summed E-state index contributed by atoms with van der Waals surface area (Å²) in [5.74, 6) is 0.522. The van der Waals surface area contributed by atoms with Crippen molar-refractivity contribution in [2.45, 2.75) is 59.1 Å². The molecule has 1 rings (SSSR count). The van der Waals surface area contributed by atoms with E-state index in [4.69, 9.17) is 4.74 Å². The van der Waals surface area contributed by atoms with Crippen LogP contribution in [0.25, 0.3) is 0 Å². The lowest BCUT2D eigenvalue weighted by Crippen LogP contribution is -2.44. The zero-order valence-corrected chi connectivity index (χ0v) is 13.4. The number of hydrogen-bond acceptors (Lipinski definition) is 3. The van der Waals surface area contributed by atoms with E-state index in [2.05, 4.69) is 18.7 Å². The van der Waals surface area contributed by atoms with Gasteiger partial charge in [-0.3, -0.25) is 0 Å². The van der Waals surface area contributed by atoms with E-state index in [0.29, 0.717) is 5.92 Å². The largest absolute Gasteiger partial charge is 0.444 e. The first-order valence-corrected chi connectivity index (χ1v) is 7.42. The lowest BCUT2D eigenvalue weighted by molar-refractivity contribution is 0.0166. The molecule has 0 aromatic heterocycles. The Balaban J connectivity index is 2.64. The summed E-state index contributed by atoms with van der Waals surface area (Å²) in [7, 11) is 1.87. The van der Waals surface area contributed by atoms with Crippen molar-refractivity contribution in [2.24, 2.45) is 5.92 Å². The lowest BCUT2D eigenvalue weighted by atomic mass is 9.96. The Bertz CT molecular complexity index is 299. The van der Waals surface area contributed by atoms with E-state index in [1.807, 2.05) is 27.8 Å². The molecule has 1 fully saturated rings. The van der Waals surface area contributed by atoms with E-state index in [9.17, 15) is 4.79 Å². The molecule has 1 amide bonds. The first kappa shape index (κ1) is 16.3. The highest BCUT2D eigenvalue weighted by Gasteiger charge is 2.30. The van der Waals surface area contributed by atoms with Gasteiger partial charge in [0, 0.05) is 19.6 Å². The molecule has 19 heavy (non-hydrogen) atoms. The number of carbonyl (C=O) groups excluding carboxylic acids is 1. The van der Waals surface area contributed by atoms with Gasteiger partial charge in [-0.1, -0.05) is 13.8 Å². The van der Waals surface area contributed by atoms with Crippen LogP contribution in [-0.2, 0) is 4.74 Å². The van der Waals surface area contributed by atoms with Crippen LogP contribution in [-0.4, -0.2) is 54.2 Å². The quantitative estimate of drug-likeness (QED) is 0.773. The van der Waals surface area contributed by atoms with E-state index < -0.39 is 5.60 Å². The fourth-order valence-corrected chi connectivity index (χ4v) is 2.65. The molecule has 0 bridgehead atoms. The molecule has 2 atom stereocenters. The molecule has 0 aromatic rings. The minimum absolute atomic E-state index is 0.200. The second-order valence-electron chi connectivity index (χ2n) is 6.65. The number of carbonyl (C=O) groups is 1. The molecule has 2 unspecified atom stereocenters. The summed E-state index contributed by atoms with van der Waals surface area (Å²) >= 11 is 0. The van der Waals surface area contributed by atoms with E-state index in [1.54, 1.807) is 4.90 Å². The number of ether oxygens (including phenoxy) is 1. The molecular formula is C15H30N2O2. The van der Waals surface area contributed by atoms with Crippen molar-refractivity contribution >= 4 is 6.09 Å². The van der Waals surface area contributed by atoms with Gasteiger partial charge < -0.3 is 14.5 Å². The summed E-state index contributed by atoms with van der Waals surface area (Å²) in [5.41, 5.74) is -0.422. The molecule has 1 saturated heterocycles. The zero-order valence-electron chi connectivity index (χ0n) is 13.4. The highest BCUT2D eigenvalue weighted by atomic mass is 16.6. The zero-order chi connectivity index (χ0) is 14.6. The van der Waals surface area contributed by atoms with Gasteiger partial charge in [0.1, 0.15) is 5.60 Å². The van der Waals surface area contributed by atoms with Crippen LogP contribution < -0.4 is 0 Å². The van der Waals surface area contributed by atoms with Crippen LogP contribution in [0.3, 0.4) is 0 Å². The number of rotatable bonds is 2. The highest BCUT2D eigenvalue weighted by Crippen LogP contribution is 2.23. The molecule has 1 heterocycles. The molecule has 4 nitrogen and oxygen atoms in total. The Labute approximate surface area is 118 Å². The third kappa shape index (κ3) is 5.01. The van der Waals surface area contributed by atoms with Gasteiger partial charge in [-0.25, -0.2) is 4.79 Å². The first-order valence-electron chi connectivity index (χ1n) is 7.42. The van der Waals surface area contributed by atoms with Gasteiger partial charge in [0.2, 0.25) is 0 Å². The van der Waals surface area contributed by atoms with Crippen molar-refractivity contribution in [2.75, 3.05) is 26.7 Å². The SMILES string of the molecule is CCN1CCC(C)C(N(C)C(=O)OC(C)(C)C)CC1. The summed E-state index contributed by atoms with van der Waals surface area (Å²) in [4.78, 5) is 16.4. The smallest absolute Gasteiger partial charge is 0.410 e. The van der Waals surface area contributed by atoms with Gasteiger partial charge in [0.05, 0.1) is 0 Å². The fourth-order valence-electron chi connectivity index (χ4n) is 2.65. The summed E-state index contributed by atoms with van der Waals surface area (Å²) < 4.78 is 5.47. The summed E-state index contributed by atoms with van der Waals surface area (Å²) in [6.07, 6.45) is 1.98. The Hall–Kier alpha value is -0.770. The van der Waals surface area contributed by atoms with Crippen LogP contribution in [0, 0.1) is 5.92 Å². The van der Waals surface area contributed by atoms with Crippen molar-refractivity contribution in [3.8, 4) is 0 Å². The number of hydrogen-bond donors (Lipinski definition) is 0. The topological polar surface area (TPSA) is 32.8 Å². The van der Waals surface area contributed by atoms with Gasteiger partial charge in [-0.15, -0.1) is 0 Å². The average Bonchev–Trinajstić information content (AvgIpc) is 2.48. The summed E-state index contributed by atoms with van der Waals surface area (Å²) in [5, 5.41) is 0. The predicted molar refractivity (Wildman–Crippen MR) is 78.3 cm³/mol. The molecule has 0 N–H and O–H groups in total. The second kappa shape index (κ2) is 6.60. The first-order chi connectivity index (χ1) is 8.74. The standard InChI is InChI=1S/C15H30N2O2/c1-7-17-10-8-12(2)13(9-11-17)16(6)14(18)19-15(3,4)5/h12-13H,7-11H2,1-6H3. The van der Waals surface area contributed by atoms with Crippen LogP contribution >= 0.6 is 0 Å². The van der Waals surface area contributed by atoms with Crippen LogP contribution in [0.1, 0.15) is 47.5 Å². The van der Waals surface area contributed by atoms with E-state index in [1.165, 1.54) is 0 Å². The molecule has 4 heteroatoms. The Morgan fingerprint density at radius 2 is 1.89 bits per heavy atom. The van der Waals surface area contributed by atoms with E-state index >= 15 is 0 Å². The Morgan fingerprint density at radius 3 is 2.42 bits per heavy atom. The van der Waals surface area contributed by atoms with Gasteiger partial charge in [-0.2, -0.15) is 0 Å². The normalized spacial score (nSPS) is 25.8. The van der Waals surface area contributed by atoms with Crippen LogP contribution in [0.5, 0.6) is 0 Å². The third-order valence-corrected chi connectivity index (χ3v) is 3.92. The molecule has 1 aliphatic rings. The lowest BCUT2D eigenvalue weighted by Gasteiger charge is -2.33. The van der Waals surface area contributed by atoms with Gasteiger partial charge in [-0.05, 0) is 52.6 Å². The highest BCUT2D eigenvalue weighted by molar-refractivity contribution is 5.68. The Kier molecular flexibility index (Phi) is 5.65. The molecule has 0 saturated carbocycles. The third-order valence-electron chi connectivity index (χ3n) is 3.92. The number of likely N-dealkylation sites (tertiary alicyclic amines) is 1. The molecule has 0 radical (unpaired) electrons. The monoisotopic (exact) mass is 270 g/mol. The maximum absolute atomic E-state index is 12.2. The average molecular weight is 270 g/mol. The van der Waals surface area contributed by atoms with Crippen LogP contribution in [0.4, 0.5) is 4.79 Å². The second-order valence-corrected chi connectivity index (χ2v) is 6.65. The van der Waals surface area contributed by atoms with E-state index in [-0.39, 0.29) is 12.1 Å². The molecule has 0 spiro atoms. The van der Waals surface area contributed by atoms with Crippen molar-refractivity contribution in [3.63, 3.8) is 0 Å².